The number of hydrogen-bond acceptors (Lipinski definition) is 6. The molecule has 0 fully saturated rings. The largest absolute Gasteiger partial charge is 0.467 e. The molecule has 1 atom stereocenters. The second-order valence-electron chi connectivity index (χ2n) is 4.42. The van der Waals surface area contributed by atoms with Crippen molar-refractivity contribution in [3.8, 4) is 0 Å². The summed E-state index contributed by atoms with van der Waals surface area (Å²) < 4.78 is 8.89. The third-order valence-electron chi connectivity index (χ3n) is 2.62. The number of hydrogen-bond donors (Lipinski definition) is 1. The van der Waals surface area contributed by atoms with Gasteiger partial charge in [-0.15, -0.1) is 0 Å². The van der Waals surface area contributed by atoms with Gasteiger partial charge in [0.05, 0.1) is 18.4 Å². The highest BCUT2D eigenvalue weighted by Gasteiger charge is 2.26. The monoisotopic (exact) mass is 270 g/mol. The van der Waals surface area contributed by atoms with Crippen molar-refractivity contribution in [3.05, 3.63) is 11.3 Å². The molecule has 0 aliphatic rings. The van der Waals surface area contributed by atoms with Gasteiger partial charge in [-0.3, -0.25) is 4.79 Å². The number of aryl methyl sites for hydroxylation is 1. The molecule has 1 unspecified atom stereocenters. The molecule has 1 aromatic heterocycles. The predicted octanol–water partition coefficient (Wildman–Crippen LogP) is 2.26. The Labute approximate surface area is 111 Å². The van der Waals surface area contributed by atoms with E-state index in [0.29, 0.717) is 16.3 Å². The first-order valence-corrected chi connectivity index (χ1v) is 6.47. The third kappa shape index (κ3) is 3.07. The van der Waals surface area contributed by atoms with Crippen molar-refractivity contribution >= 4 is 28.3 Å². The number of ketones is 1. The molecule has 18 heavy (non-hydrogen) atoms. The molecule has 0 aliphatic heterocycles. The Bertz CT molecular complexity index is 454. The van der Waals surface area contributed by atoms with E-state index in [1.54, 1.807) is 6.92 Å². The Morgan fingerprint density at radius 3 is 2.44 bits per heavy atom. The van der Waals surface area contributed by atoms with Crippen LogP contribution in [-0.4, -0.2) is 29.3 Å². The molecule has 0 aromatic carbocycles. The minimum absolute atomic E-state index is 0.0552. The molecule has 0 saturated carbocycles. The van der Waals surface area contributed by atoms with Crippen molar-refractivity contribution in [1.82, 2.24) is 4.37 Å². The number of Topliss-reactive ketones (excluding diaryl/α,β-unsaturated/α-hetero) is 1. The van der Waals surface area contributed by atoms with Crippen LogP contribution in [0, 0.1) is 12.8 Å². The molecule has 1 N–H and O–H groups in total. The molecule has 1 heterocycles. The van der Waals surface area contributed by atoms with Gasteiger partial charge in [0, 0.05) is 0 Å². The first-order chi connectivity index (χ1) is 8.38. The van der Waals surface area contributed by atoms with Crippen LogP contribution in [0.1, 0.15) is 36.8 Å². The number of methoxy groups -OCH3 is 1. The van der Waals surface area contributed by atoms with Gasteiger partial charge in [0.1, 0.15) is 11.0 Å². The van der Waals surface area contributed by atoms with Crippen molar-refractivity contribution in [2.24, 2.45) is 5.92 Å². The number of ether oxygens (including phenoxy) is 1. The van der Waals surface area contributed by atoms with Crippen LogP contribution in [-0.2, 0) is 9.53 Å². The maximum Gasteiger partial charge on any atom is 0.328 e. The minimum atomic E-state index is -0.479. The Kier molecular flexibility index (Phi) is 4.84. The Balaban J connectivity index is 3.01. The van der Waals surface area contributed by atoms with Crippen molar-refractivity contribution in [2.75, 3.05) is 12.4 Å². The van der Waals surface area contributed by atoms with E-state index in [2.05, 4.69) is 9.69 Å². The van der Waals surface area contributed by atoms with Crippen LogP contribution in [0.2, 0.25) is 0 Å². The zero-order valence-corrected chi connectivity index (χ0v) is 12.1. The van der Waals surface area contributed by atoms with Gasteiger partial charge in [0.15, 0.2) is 5.78 Å². The fourth-order valence-corrected chi connectivity index (χ4v) is 2.53. The van der Waals surface area contributed by atoms with Gasteiger partial charge in [0.2, 0.25) is 0 Å². The van der Waals surface area contributed by atoms with Crippen molar-refractivity contribution in [1.29, 1.82) is 0 Å². The highest BCUT2D eigenvalue weighted by atomic mass is 32.1. The lowest BCUT2D eigenvalue weighted by Crippen LogP contribution is -2.35. The van der Waals surface area contributed by atoms with E-state index in [4.69, 9.17) is 4.74 Å². The van der Waals surface area contributed by atoms with Crippen LogP contribution in [0.4, 0.5) is 5.00 Å². The zero-order chi connectivity index (χ0) is 13.9. The van der Waals surface area contributed by atoms with E-state index in [0.717, 1.165) is 0 Å². The van der Waals surface area contributed by atoms with Gasteiger partial charge in [0.25, 0.3) is 0 Å². The summed E-state index contributed by atoms with van der Waals surface area (Å²) in [6.45, 7) is 7.09. The highest BCUT2D eigenvalue weighted by molar-refractivity contribution is 7.10. The maximum atomic E-state index is 11.7. The standard InChI is InChI=1S/C12H18N2O3S/c1-6(2)10(12(16)17-5)13-11-9(8(4)15)7(3)14-18-11/h6,10,13H,1-5H3. The normalized spacial score (nSPS) is 12.3. The zero-order valence-electron chi connectivity index (χ0n) is 11.2. The molecule has 0 amide bonds. The Morgan fingerprint density at radius 1 is 1.39 bits per heavy atom. The number of aromatic nitrogens is 1. The Hall–Kier alpha value is -1.43. The van der Waals surface area contributed by atoms with Crippen LogP contribution < -0.4 is 5.32 Å². The molecule has 5 nitrogen and oxygen atoms in total. The first-order valence-electron chi connectivity index (χ1n) is 5.70. The van der Waals surface area contributed by atoms with Crippen LogP contribution in [0.15, 0.2) is 0 Å². The van der Waals surface area contributed by atoms with Crippen molar-refractivity contribution < 1.29 is 14.3 Å². The summed E-state index contributed by atoms with van der Waals surface area (Å²) in [7, 11) is 1.35. The molecular weight excluding hydrogens is 252 g/mol. The van der Waals surface area contributed by atoms with E-state index < -0.39 is 6.04 Å². The molecular formula is C12H18N2O3S. The number of anilines is 1. The van der Waals surface area contributed by atoms with E-state index in [1.807, 2.05) is 13.8 Å². The van der Waals surface area contributed by atoms with E-state index >= 15 is 0 Å². The number of carbonyl (C=O) groups excluding carboxylic acids is 2. The quantitative estimate of drug-likeness (QED) is 0.656. The summed E-state index contributed by atoms with van der Waals surface area (Å²) in [5.41, 5.74) is 1.23. The molecule has 0 bridgehead atoms. The van der Waals surface area contributed by atoms with Gasteiger partial charge < -0.3 is 10.1 Å². The molecule has 1 aromatic rings. The van der Waals surface area contributed by atoms with Gasteiger partial charge in [-0.1, -0.05) is 13.8 Å². The molecule has 0 radical (unpaired) electrons. The lowest BCUT2D eigenvalue weighted by atomic mass is 10.0. The highest BCUT2D eigenvalue weighted by Crippen LogP contribution is 2.27. The van der Waals surface area contributed by atoms with Gasteiger partial charge in [-0.2, -0.15) is 4.37 Å². The minimum Gasteiger partial charge on any atom is -0.467 e. The second-order valence-corrected chi connectivity index (χ2v) is 5.19. The summed E-state index contributed by atoms with van der Waals surface area (Å²) in [5.74, 6) is -0.346. The molecule has 0 saturated heterocycles. The predicted molar refractivity (Wildman–Crippen MR) is 71.1 cm³/mol. The molecule has 100 valence electrons. The molecule has 6 heteroatoms. The summed E-state index contributed by atoms with van der Waals surface area (Å²) in [4.78, 5) is 23.2. The summed E-state index contributed by atoms with van der Waals surface area (Å²) >= 11 is 1.19. The number of nitrogens with zero attached hydrogens (tertiary/aromatic N) is 1. The van der Waals surface area contributed by atoms with Crippen molar-refractivity contribution in [2.45, 2.75) is 33.7 Å². The number of carbonyl (C=O) groups is 2. The lowest BCUT2D eigenvalue weighted by molar-refractivity contribution is -0.142. The maximum absolute atomic E-state index is 11.7. The van der Waals surface area contributed by atoms with Gasteiger partial charge in [-0.25, -0.2) is 4.79 Å². The number of rotatable bonds is 5. The van der Waals surface area contributed by atoms with E-state index in [1.165, 1.54) is 25.6 Å². The van der Waals surface area contributed by atoms with Crippen LogP contribution >= 0.6 is 11.5 Å². The number of esters is 1. The summed E-state index contributed by atoms with van der Waals surface area (Å²) in [6.07, 6.45) is 0. The summed E-state index contributed by atoms with van der Waals surface area (Å²) in [6, 6.07) is -0.479. The molecule has 0 spiro atoms. The molecule has 0 aliphatic carbocycles. The van der Waals surface area contributed by atoms with Crippen LogP contribution in [0.25, 0.3) is 0 Å². The van der Waals surface area contributed by atoms with Gasteiger partial charge in [-0.05, 0) is 31.3 Å². The Morgan fingerprint density at radius 2 is 2.00 bits per heavy atom. The summed E-state index contributed by atoms with van der Waals surface area (Å²) in [5, 5.41) is 3.69. The van der Waals surface area contributed by atoms with Crippen LogP contribution in [0.3, 0.4) is 0 Å². The fraction of sp³-hybridized carbons (Fsp3) is 0.583. The fourth-order valence-electron chi connectivity index (χ4n) is 1.65. The second kappa shape index (κ2) is 5.95. The smallest absolute Gasteiger partial charge is 0.328 e. The average molecular weight is 270 g/mol. The first kappa shape index (κ1) is 14.6. The third-order valence-corrected chi connectivity index (χ3v) is 3.49. The lowest BCUT2D eigenvalue weighted by Gasteiger charge is -2.20. The van der Waals surface area contributed by atoms with Gasteiger partial charge >= 0.3 is 5.97 Å². The van der Waals surface area contributed by atoms with Crippen molar-refractivity contribution in [3.63, 3.8) is 0 Å². The van der Waals surface area contributed by atoms with Crippen LogP contribution in [0.5, 0.6) is 0 Å². The van der Waals surface area contributed by atoms with E-state index in [9.17, 15) is 9.59 Å². The SMILES string of the molecule is COC(=O)C(Nc1snc(C)c1C(C)=O)C(C)C. The number of nitrogens with one attached hydrogen (secondary N) is 1. The topological polar surface area (TPSA) is 68.3 Å². The average Bonchev–Trinajstić information content (AvgIpc) is 2.65. The van der Waals surface area contributed by atoms with E-state index in [-0.39, 0.29) is 17.7 Å². The molecule has 1 rings (SSSR count).